The van der Waals surface area contributed by atoms with E-state index in [1.54, 1.807) is 12.1 Å². The average molecular weight is 374 g/mol. The van der Waals surface area contributed by atoms with Crippen LogP contribution in [0.25, 0.3) is 0 Å². The molecule has 0 unspecified atom stereocenters. The summed E-state index contributed by atoms with van der Waals surface area (Å²) in [6.07, 6.45) is 0.340. The molecule has 5 heteroatoms. The van der Waals surface area contributed by atoms with Crippen molar-refractivity contribution in [3.8, 4) is 0 Å². The van der Waals surface area contributed by atoms with Crippen molar-refractivity contribution in [1.82, 2.24) is 0 Å². The van der Waals surface area contributed by atoms with E-state index in [-0.39, 0.29) is 11.9 Å². The number of esters is 1. The van der Waals surface area contributed by atoms with Gasteiger partial charge in [0, 0.05) is 17.1 Å². The molecule has 0 radical (unpaired) electrons. The molecule has 1 amide bonds. The summed E-state index contributed by atoms with van der Waals surface area (Å²) in [6, 6.07) is 22.4. The summed E-state index contributed by atoms with van der Waals surface area (Å²) in [5.74, 6) is -0.416. The van der Waals surface area contributed by atoms with Crippen LogP contribution in [-0.2, 0) is 16.0 Å². The van der Waals surface area contributed by atoms with Crippen LogP contribution in [0.3, 0.4) is 0 Å². The Balaban J connectivity index is 1.56. The topological polar surface area (TPSA) is 67.4 Å². The van der Waals surface area contributed by atoms with Gasteiger partial charge in [-0.1, -0.05) is 29.8 Å². The van der Waals surface area contributed by atoms with Gasteiger partial charge in [-0.05, 0) is 61.0 Å². The summed E-state index contributed by atoms with van der Waals surface area (Å²) >= 11 is 0. The van der Waals surface area contributed by atoms with Crippen molar-refractivity contribution in [3.63, 3.8) is 0 Å². The summed E-state index contributed by atoms with van der Waals surface area (Å²) in [5.41, 5.74) is 5.12. The van der Waals surface area contributed by atoms with Gasteiger partial charge in [0.1, 0.15) is 0 Å². The normalized spacial score (nSPS) is 10.2. The summed E-state index contributed by atoms with van der Waals surface area (Å²) in [4.78, 5) is 23.7. The minimum Gasteiger partial charge on any atom is -0.465 e. The molecule has 0 aliphatic carbocycles. The molecule has 0 aromatic heterocycles. The molecule has 142 valence electrons. The number of aryl methyl sites for hydroxylation is 1. The first-order valence-electron chi connectivity index (χ1n) is 8.94. The Morgan fingerprint density at radius 1 is 0.786 bits per heavy atom. The molecule has 28 heavy (non-hydrogen) atoms. The first kappa shape index (κ1) is 19.2. The highest BCUT2D eigenvalue weighted by Crippen LogP contribution is 2.20. The van der Waals surface area contributed by atoms with E-state index in [1.165, 1.54) is 12.7 Å². The molecular weight excluding hydrogens is 352 g/mol. The number of hydrogen-bond donors (Lipinski definition) is 2. The number of methoxy groups -OCH3 is 1. The van der Waals surface area contributed by atoms with E-state index < -0.39 is 0 Å². The van der Waals surface area contributed by atoms with Crippen molar-refractivity contribution in [1.29, 1.82) is 0 Å². The first-order chi connectivity index (χ1) is 13.5. The number of carbonyl (C=O) groups excluding carboxylic acids is 2. The smallest absolute Gasteiger partial charge is 0.337 e. The number of hydrogen-bond acceptors (Lipinski definition) is 4. The van der Waals surface area contributed by atoms with Crippen molar-refractivity contribution >= 4 is 28.9 Å². The second-order valence-electron chi connectivity index (χ2n) is 6.48. The number of benzene rings is 3. The maximum absolute atomic E-state index is 12.2. The number of amides is 1. The van der Waals surface area contributed by atoms with E-state index in [0.717, 1.165) is 22.6 Å². The summed E-state index contributed by atoms with van der Waals surface area (Å²) < 4.78 is 4.69. The Bertz CT molecular complexity index is 947. The molecule has 0 fully saturated rings. The van der Waals surface area contributed by atoms with Gasteiger partial charge in [0.15, 0.2) is 0 Å². The zero-order chi connectivity index (χ0) is 19.9. The highest BCUT2D eigenvalue weighted by molar-refractivity contribution is 5.92. The lowest BCUT2D eigenvalue weighted by Crippen LogP contribution is -2.14. The van der Waals surface area contributed by atoms with Gasteiger partial charge < -0.3 is 15.4 Å². The Morgan fingerprint density at radius 3 is 1.89 bits per heavy atom. The van der Waals surface area contributed by atoms with Gasteiger partial charge in [0.05, 0.1) is 19.1 Å². The van der Waals surface area contributed by atoms with Gasteiger partial charge in [-0.3, -0.25) is 4.79 Å². The van der Waals surface area contributed by atoms with Gasteiger partial charge in [0.2, 0.25) is 5.91 Å². The molecule has 3 aromatic rings. The second-order valence-corrected chi connectivity index (χ2v) is 6.48. The number of anilines is 3. The lowest BCUT2D eigenvalue weighted by molar-refractivity contribution is -0.115. The van der Waals surface area contributed by atoms with Crippen molar-refractivity contribution in [2.45, 2.75) is 13.3 Å². The second kappa shape index (κ2) is 8.86. The molecule has 2 N–H and O–H groups in total. The zero-order valence-corrected chi connectivity index (χ0v) is 15.9. The third-order valence-corrected chi connectivity index (χ3v) is 4.25. The largest absolute Gasteiger partial charge is 0.465 e. The highest BCUT2D eigenvalue weighted by atomic mass is 16.5. The quantitative estimate of drug-likeness (QED) is 0.614. The van der Waals surface area contributed by atoms with Crippen molar-refractivity contribution in [2.24, 2.45) is 0 Å². The molecule has 0 saturated heterocycles. The van der Waals surface area contributed by atoms with Crippen LogP contribution < -0.4 is 10.6 Å². The predicted molar refractivity (Wildman–Crippen MR) is 111 cm³/mol. The minimum absolute atomic E-state index is 0.0528. The van der Waals surface area contributed by atoms with Crippen molar-refractivity contribution in [3.05, 3.63) is 89.5 Å². The SMILES string of the molecule is COC(=O)c1ccc(Nc2ccc(NC(=O)Cc3ccc(C)cc3)cc2)cc1. The Morgan fingerprint density at radius 2 is 1.32 bits per heavy atom. The van der Waals surface area contributed by atoms with Crippen LogP contribution in [0.1, 0.15) is 21.5 Å². The maximum atomic E-state index is 12.2. The van der Waals surface area contributed by atoms with Gasteiger partial charge in [-0.2, -0.15) is 0 Å². The summed E-state index contributed by atoms with van der Waals surface area (Å²) in [5, 5.41) is 6.15. The van der Waals surface area contributed by atoms with Gasteiger partial charge in [-0.25, -0.2) is 4.79 Å². The minimum atomic E-state index is -0.364. The predicted octanol–water partition coefficient (Wildman–Crippen LogP) is 4.71. The number of ether oxygens (including phenoxy) is 1. The van der Waals surface area contributed by atoms with Crippen LogP contribution in [0.5, 0.6) is 0 Å². The van der Waals surface area contributed by atoms with Crippen LogP contribution in [0.15, 0.2) is 72.8 Å². The molecule has 0 aliphatic heterocycles. The standard InChI is InChI=1S/C23H22N2O3/c1-16-3-5-17(6-4-16)15-22(26)25-21-13-11-20(12-14-21)24-19-9-7-18(8-10-19)23(27)28-2/h3-14,24H,15H2,1-2H3,(H,25,26). The van der Waals surface area contributed by atoms with Crippen molar-refractivity contribution in [2.75, 3.05) is 17.7 Å². The van der Waals surface area contributed by atoms with Crippen LogP contribution in [0.2, 0.25) is 0 Å². The van der Waals surface area contributed by atoms with E-state index in [0.29, 0.717) is 12.0 Å². The third kappa shape index (κ3) is 5.20. The van der Waals surface area contributed by atoms with E-state index in [4.69, 9.17) is 0 Å². The van der Waals surface area contributed by atoms with Gasteiger partial charge in [0.25, 0.3) is 0 Å². The van der Waals surface area contributed by atoms with Gasteiger partial charge >= 0.3 is 5.97 Å². The van der Waals surface area contributed by atoms with Gasteiger partial charge in [-0.15, -0.1) is 0 Å². The van der Waals surface area contributed by atoms with E-state index in [2.05, 4.69) is 15.4 Å². The molecule has 3 rings (SSSR count). The zero-order valence-electron chi connectivity index (χ0n) is 15.9. The average Bonchev–Trinajstić information content (AvgIpc) is 2.71. The van der Waals surface area contributed by atoms with E-state index in [1.807, 2.05) is 67.6 Å². The Hall–Kier alpha value is -3.60. The molecule has 3 aromatic carbocycles. The van der Waals surface area contributed by atoms with Crippen LogP contribution in [-0.4, -0.2) is 19.0 Å². The van der Waals surface area contributed by atoms with Crippen LogP contribution in [0.4, 0.5) is 17.1 Å². The van der Waals surface area contributed by atoms with Crippen molar-refractivity contribution < 1.29 is 14.3 Å². The maximum Gasteiger partial charge on any atom is 0.337 e. The number of rotatable bonds is 6. The fraction of sp³-hybridized carbons (Fsp3) is 0.130. The van der Waals surface area contributed by atoms with E-state index in [9.17, 15) is 9.59 Å². The molecule has 0 bridgehead atoms. The highest BCUT2D eigenvalue weighted by Gasteiger charge is 2.06. The lowest BCUT2D eigenvalue weighted by Gasteiger charge is -2.09. The van der Waals surface area contributed by atoms with Crippen LogP contribution in [0, 0.1) is 6.92 Å². The third-order valence-electron chi connectivity index (χ3n) is 4.25. The van der Waals surface area contributed by atoms with E-state index >= 15 is 0 Å². The molecule has 0 aliphatic rings. The first-order valence-corrected chi connectivity index (χ1v) is 8.94. The number of carbonyl (C=O) groups is 2. The molecule has 0 saturated carbocycles. The fourth-order valence-electron chi connectivity index (χ4n) is 2.71. The number of nitrogens with one attached hydrogen (secondary N) is 2. The molecule has 0 spiro atoms. The molecule has 5 nitrogen and oxygen atoms in total. The molecule has 0 heterocycles. The molecule has 0 atom stereocenters. The monoisotopic (exact) mass is 374 g/mol. The Labute approximate surface area is 164 Å². The lowest BCUT2D eigenvalue weighted by atomic mass is 10.1. The molecular formula is C23H22N2O3. The summed E-state index contributed by atoms with van der Waals surface area (Å²) in [7, 11) is 1.36. The fourth-order valence-corrected chi connectivity index (χ4v) is 2.71. The Kier molecular flexibility index (Phi) is 6.07. The van der Waals surface area contributed by atoms with Crippen LogP contribution >= 0.6 is 0 Å². The summed E-state index contributed by atoms with van der Waals surface area (Å²) in [6.45, 7) is 2.02.